The van der Waals surface area contributed by atoms with Crippen LogP contribution in [0.5, 0.6) is 5.75 Å². The van der Waals surface area contributed by atoms with Crippen molar-refractivity contribution in [1.29, 1.82) is 0 Å². The highest BCUT2D eigenvalue weighted by Crippen LogP contribution is 2.30. The Morgan fingerprint density at radius 2 is 1.74 bits per heavy atom. The number of ether oxygens (including phenoxy) is 1. The van der Waals surface area contributed by atoms with Crippen LogP contribution in [0.15, 0.2) is 48.5 Å². The zero-order valence-corrected chi connectivity index (χ0v) is 22.6. The molecule has 0 aliphatic carbocycles. The average Bonchev–Trinajstić information content (AvgIpc) is 2.76. The van der Waals surface area contributed by atoms with Crippen LogP contribution in [0.2, 0.25) is 5.02 Å². The summed E-state index contributed by atoms with van der Waals surface area (Å²) in [7, 11) is -2.39. The van der Waals surface area contributed by atoms with Crippen LogP contribution < -0.4 is 14.4 Å². The smallest absolute Gasteiger partial charge is 0.244 e. The predicted molar refractivity (Wildman–Crippen MR) is 139 cm³/mol. The highest BCUT2D eigenvalue weighted by Gasteiger charge is 2.31. The molecule has 2 aromatic carbocycles. The van der Waals surface area contributed by atoms with E-state index in [4.69, 9.17) is 16.3 Å². The van der Waals surface area contributed by atoms with Crippen molar-refractivity contribution in [3.05, 3.63) is 59.1 Å². The van der Waals surface area contributed by atoms with E-state index in [9.17, 15) is 18.0 Å². The van der Waals surface area contributed by atoms with Gasteiger partial charge in [0.15, 0.2) is 0 Å². The van der Waals surface area contributed by atoms with E-state index in [0.29, 0.717) is 12.2 Å². The highest BCUT2D eigenvalue weighted by atomic mass is 35.5. The maximum absolute atomic E-state index is 13.5. The minimum absolute atomic E-state index is 0.213. The topological polar surface area (TPSA) is 96.0 Å². The molecule has 192 valence electrons. The number of anilines is 1. The van der Waals surface area contributed by atoms with Crippen LogP contribution in [0.4, 0.5) is 5.69 Å². The van der Waals surface area contributed by atoms with Gasteiger partial charge < -0.3 is 15.0 Å². The van der Waals surface area contributed by atoms with Crippen LogP contribution in [-0.4, -0.2) is 63.2 Å². The van der Waals surface area contributed by atoms with Gasteiger partial charge in [-0.05, 0) is 57.9 Å². The van der Waals surface area contributed by atoms with Gasteiger partial charge in [-0.3, -0.25) is 13.9 Å². The zero-order chi connectivity index (χ0) is 26.4. The fourth-order valence-electron chi connectivity index (χ4n) is 3.47. The molecule has 2 rings (SSSR count). The van der Waals surface area contributed by atoms with Crippen molar-refractivity contribution < 1.29 is 22.7 Å². The van der Waals surface area contributed by atoms with Gasteiger partial charge in [0.05, 0.1) is 24.1 Å². The molecule has 0 aromatic heterocycles. The minimum Gasteiger partial charge on any atom is -0.495 e. The van der Waals surface area contributed by atoms with Crippen molar-refractivity contribution in [2.75, 3.05) is 30.8 Å². The van der Waals surface area contributed by atoms with E-state index in [1.807, 2.05) is 51.1 Å². The lowest BCUT2D eigenvalue weighted by Crippen LogP contribution is -2.55. The van der Waals surface area contributed by atoms with Crippen LogP contribution in [0.1, 0.15) is 33.3 Å². The van der Waals surface area contributed by atoms with E-state index in [-0.39, 0.29) is 23.2 Å². The Kier molecular flexibility index (Phi) is 9.57. The standard InChI is InChI=1S/C25H34ClN3O5S/c1-18(24(31)27-25(2,3)4)28(15-14-19-10-8-7-9-11-19)23(30)17-29(35(6,32)33)20-12-13-22(34-5)21(26)16-20/h7-13,16,18H,14-15,17H2,1-6H3,(H,27,31)/t18-/m0/s1. The first-order valence-corrected chi connectivity index (χ1v) is 13.4. The second-order valence-corrected chi connectivity index (χ2v) is 11.6. The maximum Gasteiger partial charge on any atom is 0.244 e. The SMILES string of the molecule is COc1ccc(N(CC(=O)N(CCc2ccccc2)[C@@H](C)C(=O)NC(C)(C)C)S(C)(=O)=O)cc1Cl. The van der Waals surface area contributed by atoms with Crippen molar-refractivity contribution in [1.82, 2.24) is 10.2 Å². The summed E-state index contributed by atoms with van der Waals surface area (Å²) in [5, 5.41) is 3.10. The number of hydrogen-bond donors (Lipinski definition) is 1. The van der Waals surface area contributed by atoms with Crippen molar-refractivity contribution in [3.8, 4) is 5.75 Å². The zero-order valence-electron chi connectivity index (χ0n) is 21.0. The Morgan fingerprint density at radius 1 is 1.11 bits per heavy atom. The van der Waals surface area contributed by atoms with Crippen LogP contribution in [0, 0.1) is 0 Å². The lowest BCUT2D eigenvalue weighted by Gasteiger charge is -2.33. The van der Waals surface area contributed by atoms with Crippen molar-refractivity contribution in [2.24, 2.45) is 0 Å². The molecule has 0 saturated carbocycles. The third kappa shape index (κ3) is 8.43. The van der Waals surface area contributed by atoms with Gasteiger partial charge in [-0.1, -0.05) is 41.9 Å². The number of methoxy groups -OCH3 is 1. The fourth-order valence-corrected chi connectivity index (χ4v) is 4.56. The van der Waals surface area contributed by atoms with Crippen LogP contribution in [0.3, 0.4) is 0 Å². The van der Waals surface area contributed by atoms with Crippen molar-refractivity contribution >= 4 is 39.1 Å². The number of carbonyl (C=O) groups is 2. The summed E-state index contributed by atoms with van der Waals surface area (Å²) in [6.45, 7) is 6.96. The molecule has 0 spiro atoms. The van der Waals surface area contributed by atoms with E-state index in [0.717, 1.165) is 16.1 Å². The molecule has 0 heterocycles. The number of nitrogens with one attached hydrogen (secondary N) is 1. The van der Waals surface area contributed by atoms with Gasteiger partial charge in [0.25, 0.3) is 0 Å². The van der Waals surface area contributed by atoms with E-state index >= 15 is 0 Å². The van der Waals surface area contributed by atoms with Gasteiger partial charge in [0.2, 0.25) is 21.8 Å². The molecule has 0 unspecified atom stereocenters. The number of sulfonamides is 1. The van der Waals surface area contributed by atoms with E-state index in [1.165, 1.54) is 30.2 Å². The maximum atomic E-state index is 13.5. The summed E-state index contributed by atoms with van der Waals surface area (Å²) in [5.74, 6) is -0.445. The minimum atomic E-state index is -3.84. The number of nitrogens with zero attached hydrogens (tertiary/aromatic N) is 2. The summed E-state index contributed by atoms with van der Waals surface area (Å²) in [4.78, 5) is 27.8. The number of hydrogen-bond acceptors (Lipinski definition) is 5. The number of carbonyl (C=O) groups excluding carboxylic acids is 2. The first-order valence-electron chi connectivity index (χ1n) is 11.2. The first kappa shape index (κ1) is 28.5. The second kappa shape index (κ2) is 11.8. The molecule has 0 fully saturated rings. The van der Waals surface area contributed by atoms with Crippen LogP contribution in [-0.2, 0) is 26.0 Å². The van der Waals surface area contributed by atoms with E-state index in [2.05, 4.69) is 5.32 Å². The molecular weight excluding hydrogens is 490 g/mol. The van der Waals surface area contributed by atoms with E-state index < -0.39 is 34.1 Å². The van der Waals surface area contributed by atoms with E-state index in [1.54, 1.807) is 6.92 Å². The molecule has 2 aromatic rings. The lowest BCUT2D eigenvalue weighted by molar-refractivity contribution is -0.139. The number of benzene rings is 2. The highest BCUT2D eigenvalue weighted by molar-refractivity contribution is 7.92. The molecule has 0 radical (unpaired) electrons. The largest absolute Gasteiger partial charge is 0.495 e. The molecule has 1 atom stereocenters. The average molecular weight is 524 g/mol. The Hall–Kier alpha value is -2.78. The van der Waals surface area contributed by atoms with Gasteiger partial charge >= 0.3 is 0 Å². The van der Waals surface area contributed by atoms with Gasteiger partial charge in [-0.25, -0.2) is 8.42 Å². The first-order chi connectivity index (χ1) is 16.2. The van der Waals surface area contributed by atoms with Gasteiger partial charge in [0.1, 0.15) is 18.3 Å². The molecule has 1 N–H and O–H groups in total. The number of rotatable bonds is 10. The van der Waals surface area contributed by atoms with Crippen LogP contribution in [0.25, 0.3) is 0 Å². The third-order valence-electron chi connectivity index (χ3n) is 5.25. The Labute approximate surface area is 213 Å². The fraction of sp³-hybridized carbons (Fsp3) is 0.440. The summed E-state index contributed by atoms with van der Waals surface area (Å²) >= 11 is 6.20. The van der Waals surface area contributed by atoms with Gasteiger partial charge in [-0.15, -0.1) is 0 Å². The van der Waals surface area contributed by atoms with Gasteiger partial charge in [0, 0.05) is 12.1 Å². The molecule has 0 saturated heterocycles. The predicted octanol–water partition coefficient (Wildman–Crippen LogP) is 3.49. The van der Waals surface area contributed by atoms with Crippen LogP contribution >= 0.6 is 11.6 Å². The summed E-state index contributed by atoms with van der Waals surface area (Å²) in [6.07, 6.45) is 1.52. The summed E-state index contributed by atoms with van der Waals surface area (Å²) in [6, 6.07) is 13.2. The number of halogens is 1. The molecule has 0 aliphatic rings. The quantitative estimate of drug-likeness (QED) is 0.514. The Balaban J connectivity index is 2.35. The molecule has 35 heavy (non-hydrogen) atoms. The van der Waals surface area contributed by atoms with Crippen molar-refractivity contribution in [3.63, 3.8) is 0 Å². The van der Waals surface area contributed by atoms with Crippen molar-refractivity contribution in [2.45, 2.75) is 45.7 Å². The Morgan fingerprint density at radius 3 is 2.26 bits per heavy atom. The molecular formula is C25H34ClN3O5S. The molecule has 0 bridgehead atoms. The van der Waals surface area contributed by atoms with Gasteiger partial charge in [-0.2, -0.15) is 0 Å². The Bertz CT molecular complexity index is 1130. The third-order valence-corrected chi connectivity index (χ3v) is 6.69. The molecule has 0 aliphatic heterocycles. The normalized spacial score (nSPS) is 12.5. The summed E-state index contributed by atoms with van der Waals surface area (Å²) < 4.78 is 31.4. The molecule has 10 heteroatoms. The summed E-state index contributed by atoms with van der Waals surface area (Å²) in [5.41, 5.74) is 0.732. The monoisotopic (exact) mass is 523 g/mol. The number of amides is 2. The lowest BCUT2D eigenvalue weighted by atomic mass is 10.1. The molecule has 8 nitrogen and oxygen atoms in total. The molecule has 2 amide bonds. The second-order valence-electron chi connectivity index (χ2n) is 9.33.